The molecule has 1 amide bonds. The average Bonchev–Trinajstić information content (AvgIpc) is 3.20. The topological polar surface area (TPSA) is 114 Å². The van der Waals surface area contributed by atoms with E-state index in [0.29, 0.717) is 12.4 Å². The molecule has 1 aliphatic rings. The number of hydrogen-bond acceptors (Lipinski definition) is 6. The molecule has 0 atom stereocenters. The SMILES string of the molecule is NC(=O)c1noc(CN2CCc3[nH]nc(-c4ccccc4)c3CC2)n1. The second-order valence-electron chi connectivity index (χ2n) is 6.05. The van der Waals surface area contributed by atoms with Gasteiger partial charge in [0.15, 0.2) is 0 Å². The van der Waals surface area contributed by atoms with Gasteiger partial charge in [0.25, 0.3) is 11.7 Å². The van der Waals surface area contributed by atoms with E-state index in [0.717, 1.165) is 37.2 Å². The Morgan fingerprint density at radius 2 is 2.04 bits per heavy atom. The third-order valence-electron chi connectivity index (χ3n) is 4.40. The molecule has 128 valence electrons. The minimum absolute atomic E-state index is 0.0781. The van der Waals surface area contributed by atoms with Crippen LogP contribution in [0, 0.1) is 0 Å². The molecule has 3 heterocycles. The lowest BCUT2D eigenvalue weighted by atomic mass is 10.0. The third kappa shape index (κ3) is 3.16. The number of carbonyl (C=O) groups is 1. The molecule has 1 aliphatic heterocycles. The molecule has 0 unspecified atom stereocenters. The first-order valence-corrected chi connectivity index (χ1v) is 8.17. The molecule has 0 spiro atoms. The van der Waals surface area contributed by atoms with Crippen LogP contribution in [-0.2, 0) is 19.4 Å². The van der Waals surface area contributed by atoms with E-state index < -0.39 is 5.91 Å². The Hall–Kier alpha value is -3.00. The van der Waals surface area contributed by atoms with Crippen LogP contribution >= 0.6 is 0 Å². The molecule has 1 aromatic carbocycles. The number of rotatable bonds is 4. The molecule has 2 aromatic heterocycles. The molecular weight excluding hydrogens is 320 g/mol. The second-order valence-corrected chi connectivity index (χ2v) is 6.05. The van der Waals surface area contributed by atoms with E-state index in [2.05, 4.69) is 37.4 Å². The maximum absolute atomic E-state index is 11.1. The summed E-state index contributed by atoms with van der Waals surface area (Å²) in [5, 5.41) is 11.3. The molecule has 4 rings (SSSR count). The number of H-pyrrole nitrogens is 1. The van der Waals surface area contributed by atoms with Gasteiger partial charge in [-0.15, -0.1) is 0 Å². The normalized spacial score (nSPS) is 14.9. The van der Waals surface area contributed by atoms with E-state index in [1.165, 1.54) is 11.3 Å². The van der Waals surface area contributed by atoms with Crippen molar-refractivity contribution in [2.45, 2.75) is 19.4 Å². The summed E-state index contributed by atoms with van der Waals surface area (Å²) in [5.41, 5.74) is 9.73. The Bertz CT molecular complexity index is 886. The summed E-state index contributed by atoms with van der Waals surface area (Å²) in [6.07, 6.45) is 1.75. The molecule has 0 saturated heterocycles. The summed E-state index contributed by atoms with van der Waals surface area (Å²) in [4.78, 5) is 17.3. The zero-order valence-corrected chi connectivity index (χ0v) is 13.6. The fourth-order valence-corrected chi connectivity index (χ4v) is 3.13. The van der Waals surface area contributed by atoms with E-state index in [1.54, 1.807) is 0 Å². The van der Waals surface area contributed by atoms with Crippen molar-refractivity contribution in [2.24, 2.45) is 5.73 Å². The van der Waals surface area contributed by atoms with Crippen molar-refractivity contribution in [2.75, 3.05) is 13.1 Å². The van der Waals surface area contributed by atoms with Gasteiger partial charge in [0.2, 0.25) is 5.89 Å². The minimum atomic E-state index is -0.681. The summed E-state index contributed by atoms with van der Waals surface area (Å²) in [5.74, 6) is -0.356. The first-order chi connectivity index (χ1) is 12.2. The minimum Gasteiger partial charge on any atom is -0.363 e. The van der Waals surface area contributed by atoms with Crippen molar-refractivity contribution in [3.05, 3.63) is 53.3 Å². The summed E-state index contributed by atoms with van der Waals surface area (Å²) >= 11 is 0. The van der Waals surface area contributed by atoms with Gasteiger partial charge in [-0.05, 0) is 6.42 Å². The lowest BCUT2D eigenvalue weighted by molar-refractivity contribution is 0.0987. The zero-order chi connectivity index (χ0) is 17.2. The number of primary amides is 1. The molecule has 0 radical (unpaired) electrons. The molecule has 0 bridgehead atoms. The molecule has 3 N–H and O–H groups in total. The molecule has 8 nitrogen and oxygen atoms in total. The Labute approximate surface area is 144 Å². The van der Waals surface area contributed by atoms with E-state index in [-0.39, 0.29) is 5.82 Å². The zero-order valence-electron chi connectivity index (χ0n) is 13.6. The number of nitrogens with one attached hydrogen (secondary N) is 1. The van der Waals surface area contributed by atoms with Gasteiger partial charge in [-0.2, -0.15) is 10.1 Å². The number of amides is 1. The van der Waals surface area contributed by atoms with Crippen LogP contribution < -0.4 is 5.73 Å². The number of benzene rings is 1. The number of hydrogen-bond donors (Lipinski definition) is 2. The highest BCUT2D eigenvalue weighted by Crippen LogP contribution is 2.26. The molecule has 3 aromatic rings. The molecule has 0 aliphatic carbocycles. The second kappa shape index (κ2) is 6.48. The van der Waals surface area contributed by atoms with E-state index in [9.17, 15) is 4.79 Å². The van der Waals surface area contributed by atoms with Crippen LogP contribution in [0.15, 0.2) is 34.9 Å². The number of nitrogens with two attached hydrogens (primary N) is 1. The Morgan fingerprint density at radius 3 is 2.80 bits per heavy atom. The number of aromatic nitrogens is 4. The average molecular weight is 338 g/mol. The number of fused-ring (bicyclic) bond motifs is 1. The van der Waals surface area contributed by atoms with Crippen LogP contribution in [0.25, 0.3) is 11.3 Å². The van der Waals surface area contributed by atoms with Crippen LogP contribution in [0.4, 0.5) is 0 Å². The van der Waals surface area contributed by atoms with E-state index in [4.69, 9.17) is 10.3 Å². The lowest BCUT2D eigenvalue weighted by Gasteiger charge is -2.17. The van der Waals surface area contributed by atoms with Gasteiger partial charge in [-0.25, -0.2) is 0 Å². The van der Waals surface area contributed by atoms with Crippen molar-refractivity contribution < 1.29 is 9.32 Å². The number of aromatic amines is 1. The monoisotopic (exact) mass is 338 g/mol. The standard InChI is InChI=1S/C17H18N6O2/c18-16(24)17-19-14(25-22-17)10-23-8-6-12-13(7-9-23)20-21-15(12)11-4-2-1-3-5-11/h1-5H,6-10H2,(H2,18,24)(H,20,21). The van der Waals surface area contributed by atoms with Crippen LogP contribution in [0.1, 0.15) is 27.8 Å². The first kappa shape index (κ1) is 15.5. The van der Waals surface area contributed by atoms with Crippen molar-refractivity contribution in [3.63, 3.8) is 0 Å². The van der Waals surface area contributed by atoms with Crippen molar-refractivity contribution >= 4 is 5.91 Å². The lowest BCUT2D eigenvalue weighted by Crippen LogP contribution is -2.26. The summed E-state index contributed by atoms with van der Waals surface area (Å²) in [6, 6.07) is 10.2. The van der Waals surface area contributed by atoms with E-state index >= 15 is 0 Å². The fourth-order valence-electron chi connectivity index (χ4n) is 3.13. The van der Waals surface area contributed by atoms with Crippen LogP contribution in [0.3, 0.4) is 0 Å². The predicted molar refractivity (Wildman–Crippen MR) is 89.5 cm³/mol. The Kier molecular flexibility index (Phi) is 4.02. The molecule has 25 heavy (non-hydrogen) atoms. The largest absolute Gasteiger partial charge is 0.363 e. The Balaban J connectivity index is 1.48. The summed E-state index contributed by atoms with van der Waals surface area (Å²) in [7, 11) is 0. The van der Waals surface area contributed by atoms with E-state index in [1.807, 2.05) is 18.2 Å². The van der Waals surface area contributed by atoms with Gasteiger partial charge < -0.3 is 10.3 Å². The van der Waals surface area contributed by atoms with Gasteiger partial charge in [-0.1, -0.05) is 35.5 Å². The maximum atomic E-state index is 11.1. The highest BCUT2D eigenvalue weighted by atomic mass is 16.5. The fraction of sp³-hybridized carbons (Fsp3) is 0.294. The van der Waals surface area contributed by atoms with Gasteiger partial charge in [0.1, 0.15) is 0 Å². The van der Waals surface area contributed by atoms with Crippen molar-refractivity contribution in [1.82, 2.24) is 25.2 Å². The number of carbonyl (C=O) groups excluding carboxylic acids is 1. The molecular formula is C17H18N6O2. The van der Waals surface area contributed by atoms with Gasteiger partial charge >= 0.3 is 0 Å². The van der Waals surface area contributed by atoms with Crippen molar-refractivity contribution in [1.29, 1.82) is 0 Å². The first-order valence-electron chi connectivity index (χ1n) is 8.17. The van der Waals surface area contributed by atoms with Crippen LogP contribution in [0.5, 0.6) is 0 Å². The quantitative estimate of drug-likeness (QED) is 0.738. The predicted octanol–water partition coefficient (Wildman–Crippen LogP) is 1.16. The van der Waals surface area contributed by atoms with Crippen molar-refractivity contribution in [3.8, 4) is 11.3 Å². The maximum Gasteiger partial charge on any atom is 0.290 e. The Morgan fingerprint density at radius 1 is 1.24 bits per heavy atom. The summed E-state index contributed by atoms with van der Waals surface area (Å²) < 4.78 is 5.10. The van der Waals surface area contributed by atoms with Gasteiger partial charge in [0.05, 0.1) is 12.2 Å². The number of nitrogens with zero attached hydrogens (tertiary/aromatic N) is 4. The van der Waals surface area contributed by atoms with Gasteiger partial charge in [-0.3, -0.25) is 14.8 Å². The highest BCUT2D eigenvalue weighted by Gasteiger charge is 2.22. The van der Waals surface area contributed by atoms with Crippen LogP contribution in [0.2, 0.25) is 0 Å². The third-order valence-corrected chi connectivity index (χ3v) is 4.40. The highest BCUT2D eigenvalue weighted by molar-refractivity contribution is 5.88. The van der Waals surface area contributed by atoms with Gasteiger partial charge in [0, 0.05) is 36.3 Å². The molecule has 0 saturated carbocycles. The molecule has 0 fully saturated rings. The van der Waals surface area contributed by atoms with Crippen LogP contribution in [-0.4, -0.2) is 44.2 Å². The smallest absolute Gasteiger partial charge is 0.290 e. The summed E-state index contributed by atoms with van der Waals surface area (Å²) in [6.45, 7) is 2.19. The molecule has 8 heteroatoms.